The fourth-order valence-electron chi connectivity index (χ4n) is 4.88. The molecule has 0 unspecified atom stereocenters. The molecule has 0 N–H and O–H groups in total. The molecule has 34 heavy (non-hydrogen) atoms. The van der Waals surface area contributed by atoms with E-state index in [2.05, 4.69) is 9.88 Å². The number of carbonyl (C=O) groups excluding carboxylic acids is 2. The molecule has 1 fully saturated rings. The summed E-state index contributed by atoms with van der Waals surface area (Å²) < 4.78 is 32.5. The second-order valence-corrected chi connectivity index (χ2v) is 11.1. The van der Waals surface area contributed by atoms with Gasteiger partial charge in [0.05, 0.1) is 22.7 Å². The van der Waals surface area contributed by atoms with Crippen LogP contribution in [0.5, 0.6) is 0 Å². The van der Waals surface area contributed by atoms with Crippen molar-refractivity contribution in [2.75, 3.05) is 36.9 Å². The molecule has 4 rings (SSSR count). The number of sulfone groups is 1. The maximum atomic E-state index is 13.6. The van der Waals surface area contributed by atoms with Crippen LogP contribution in [-0.2, 0) is 37.1 Å². The van der Waals surface area contributed by atoms with Crippen LogP contribution in [0.15, 0.2) is 47.6 Å². The van der Waals surface area contributed by atoms with Crippen LogP contribution in [-0.4, -0.2) is 62.2 Å². The van der Waals surface area contributed by atoms with Crippen molar-refractivity contribution in [2.45, 2.75) is 44.6 Å². The lowest BCUT2D eigenvalue weighted by molar-refractivity contribution is -0.155. The number of nitrogens with zero attached hydrogens (tertiary/aromatic N) is 3. The van der Waals surface area contributed by atoms with Gasteiger partial charge in [-0.25, -0.2) is 8.42 Å². The minimum absolute atomic E-state index is 0.0267. The van der Waals surface area contributed by atoms with Gasteiger partial charge in [0.1, 0.15) is 0 Å². The molecule has 1 amide bonds. The SMILES string of the molecule is CCOC(=O)C1(CS(=O)(=O)c2ccc3c(c2)CN(C(C)=O)CC3)CCN(c2ccncc2)CC1. The molecule has 182 valence electrons. The standard InChI is InChI=1S/C25H31N3O5S/c1-3-33-24(30)25(9-14-27(15-10-25)22-6-11-26-12-7-22)18-34(31,32)23-5-4-20-8-13-28(19(2)29)17-21(20)16-23/h4-7,11-12,16H,3,8-10,13-15,17-18H2,1-2H3. The lowest BCUT2D eigenvalue weighted by Crippen LogP contribution is -2.49. The molecule has 8 nitrogen and oxygen atoms in total. The van der Waals surface area contributed by atoms with Gasteiger partial charge < -0.3 is 14.5 Å². The number of amides is 1. The lowest BCUT2D eigenvalue weighted by Gasteiger charge is -2.40. The van der Waals surface area contributed by atoms with Crippen molar-refractivity contribution in [3.8, 4) is 0 Å². The highest BCUT2D eigenvalue weighted by Gasteiger charge is 2.46. The van der Waals surface area contributed by atoms with Crippen LogP contribution in [0.3, 0.4) is 0 Å². The third kappa shape index (κ3) is 4.94. The summed E-state index contributed by atoms with van der Waals surface area (Å²) >= 11 is 0. The van der Waals surface area contributed by atoms with Crippen LogP contribution < -0.4 is 4.90 Å². The molecule has 1 aromatic carbocycles. The first-order valence-corrected chi connectivity index (χ1v) is 13.3. The summed E-state index contributed by atoms with van der Waals surface area (Å²) in [7, 11) is -3.77. The van der Waals surface area contributed by atoms with Crippen LogP contribution in [0, 0.1) is 5.41 Å². The fraction of sp³-hybridized carbons (Fsp3) is 0.480. The van der Waals surface area contributed by atoms with Crippen molar-refractivity contribution in [2.24, 2.45) is 5.41 Å². The predicted octanol–water partition coefficient (Wildman–Crippen LogP) is 2.61. The molecular formula is C25H31N3O5S. The molecule has 9 heteroatoms. The van der Waals surface area contributed by atoms with Gasteiger partial charge in [0.25, 0.3) is 0 Å². The maximum Gasteiger partial charge on any atom is 0.313 e. The number of aromatic nitrogens is 1. The molecule has 1 saturated heterocycles. The van der Waals surface area contributed by atoms with E-state index in [9.17, 15) is 18.0 Å². The Hall–Kier alpha value is -2.94. The predicted molar refractivity (Wildman–Crippen MR) is 128 cm³/mol. The van der Waals surface area contributed by atoms with Gasteiger partial charge in [0.15, 0.2) is 9.84 Å². The smallest absolute Gasteiger partial charge is 0.313 e. The van der Waals surface area contributed by atoms with Crippen LogP contribution in [0.2, 0.25) is 0 Å². The number of rotatable bonds is 6. The third-order valence-electron chi connectivity index (χ3n) is 6.92. The number of benzene rings is 1. The summed E-state index contributed by atoms with van der Waals surface area (Å²) in [6.45, 7) is 5.59. The Bertz CT molecular complexity index is 1160. The van der Waals surface area contributed by atoms with E-state index in [-0.39, 0.29) is 23.2 Å². The van der Waals surface area contributed by atoms with Gasteiger partial charge in [-0.05, 0) is 61.6 Å². The van der Waals surface area contributed by atoms with Crippen molar-refractivity contribution < 1.29 is 22.7 Å². The molecule has 0 saturated carbocycles. The van der Waals surface area contributed by atoms with Crippen molar-refractivity contribution >= 4 is 27.4 Å². The zero-order valence-electron chi connectivity index (χ0n) is 19.7. The van der Waals surface area contributed by atoms with E-state index in [0.29, 0.717) is 45.4 Å². The summed E-state index contributed by atoms with van der Waals surface area (Å²) in [6.07, 6.45) is 4.91. The van der Waals surface area contributed by atoms with Crippen LogP contribution in [0.4, 0.5) is 5.69 Å². The van der Waals surface area contributed by atoms with E-state index in [1.165, 1.54) is 6.92 Å². The van der Waals surface area contributed by atoms with Crippen molar-refractivity contribution in [3.05, 3.63) is 53.9 Å². The van der Waals surface area contributed by atoms with Gasteiger partial charge in [-0.3, -0.25) is 14.6 Å². The minimum Gasteiger partial charge on any atom is -0.466 e. The molecule has 2 aromatic rings. The van der Waals surface area contributed by atoms with E-state index in [0.717, 1.165) is 16.8 Å². The van der Waals surface area contributed by atoms with Crippen molar-refractivity contribution in [1.82, 2.24) is 9.88 Å². The molecule has 0 bridgehead atoms. The van der Waals surface area contributed by atoms with Gasteiger partial charge in [-0.2, -0.15) is 0 Å². The van der Waals surface area contributed by atoms with E-state index >= 15 is 0 Å². The normalized spacial score (nSPS) is 17.7. The summed E-state index contributed by atoms with van der Waals surface area (Å²) in [4.78, 5) is 33.0. The summed E-state index contributed by atoms with van der Waals surface area (Å²) in [5.74, 6) is -0.770. The quantitative estimate of drug-likeness (QED) is 0.580. The highest BCUT2D eigenvalue weighted by molar-refractivity contribution is 7.91. The Labute approximate surface area is 200 Å². The lowest BCUT2D eigenvalue weighted by atomic mass is 9.80. The zero-order chi connectivity index (χ0) is 24.3. The molecule has 0 spiro atoms. The Morgan fingerprint density at radius 1 is 1.06 bits per heavy atom. The second kappa shape index (κ2) is 9.74. The largest absolute Gasteiger partial charge is 0.466 e. The first-order valence-electron chi connectivity index (χ1n) is 11.7. The topological polar surface area (TPSA) is 96.9 Å². The van der Waals surface area contributed by atoms with E-state index in [4.69, 9.17) is 4.74 Å². The average molecular weight is 486 g/mol. The van der Waals surface area contributed by atoms with Gasteiger partial charge in [-0.1, -0.05) is 6.07 Å². The number of carbonyl (C=O) groups is 2. The number of fused-ring (bicyclic) bond motifs is 1. The molecular weight excluding hydrogens is 454 g/mol. The first-order chi connectivity index (χ1) is 16.2. The number of anilines is 1. The molecule has 3 heterocycles. The Morgan fingerprint density at radius 2 is 1.76 bits per heavy atom. The van der Waals surface area contributed by atoms with Crippen LogP contribution in [0.1, 0.15) is 37.8 Å². The molecule has 0 radical (unpaired) electrons. The number of ether oxygens (including phenoxy) is 1. The summed E-state index contributed by atoms with van der Waals surface area (Å²) in [5, 5.41) is 0. The third-order valence-corrected chi connectivity index (χ3v) is 8.82. The Morgan fingerprint density at radius 3 is 2.41 bits per heavy atom. The summed E-state index contributed by atoms with van der Waals surface area (Å²) in [5.41, 5.74) is 1.81. The van der Waals surface area contributed by atoms with Crippen molar-refractivity contribution in [3.63, 3.8) is 0 Å². The van der Waals surface area contributed by atoms with Crippen LogP contribution in [0.25, 0.3) is 0 Å². The number of pyridine rings is 1. The second-order valence-electron chi connectivity index (χ2n) is 9.07. The average Bonchev–Trinajstić information content (AvgIpc) is 2.84. The van der Waals surface area contributed by atoms with Gasteiger partial charge in [0, 0.05) is 51.2 Å². The van der Waals surface area contributed by atoms with Gasteiger partial charge in [0.2, 0.25) is 5.91 Å². The highest BCUT2D eigenvalue weighted by atomic mass is 32.2. The van der Waals surface area contributed by atoms with Gasteiger partial charge in [-0.15, -0.1) is 0 Å². The van der Waals surface area contributed by atoms with Crippen LogP contribution >= 0.6 is 0 Å². The molecule has 2 aliphatic heterocycles. The molecule has 0 atom stereocenters. The number of hydrogen-bond acceptors (Lipinski definition) is 7. The van der Waals surface area contributed by atoms with E-state index < -0.39 is 21.2 Å². The Balaban J connectivity index is 1.58. The maximum absolute atomic E-state index is 13.6. The zero-order valence-corrected chi connectivity index (χ0v) is 20.5. The van der Waals surface area contributed by atoms with E-state index in [1.807, 2.05) is 18.2 Å². The fourth-order valence-corrected chi connectivity index (χ4v) is 6.78. The molecule has 0 aliphatic carbocycles. The number of esters is 1. The minimum atomic E-state index is -3.77. The van der Waals surface area contributed by atoms with Crippen molar-refractivity contribution in [1.29, 1.82) is 0 Å². The first kappa shape index (κ1) is 24.2. The monoisotopic (exact) mass is 485 g/mol. The van der Waals surface area contributed by atoms with Gasteiger partial charge >= 0.3 is 5.97 Å². The summed E-state index contributed by atoms with van der Waals surface area (Å²) in [6, 6.07) is 8.95. The number of hydrogen-bond donors (Lipinski definition) is 0. The van der Waals surface area contributed by atoms with E-state index in [1.54, 1.807) is 36.4 Å². The molecule has 2 aliphatic rings. The molecule has 1 aromatic heterocycles. The highest BCUT2D eigenvalue weighted by Crippen LogP contribution is 2.38. The Kier molecular flexibility index (Phi) is 6.93. The number of piperidine rings is 1.